The molecule has 1 unspecified atom stereocenters. The molecular weight excluding hydrogens is 446 g/mol. The van der Waals surface area contributed by atoms with Crippen LogP contribution in [0.15, 0.2) is 59.5 Å². The molecule has 0 saturated carbocycles. The van der Waals surface area contributed by atoms with Gasteiger partial charge in [-0.3, -0.25) is 9.59 Å². The molecule has 0 spiro atoms. The maximum Gasteiger partial charge on any atom is 0.217 e. The number of rotatable bonds is 7. The molecule has 2 aromatic rings. The van der Waals surface area contributed by atoms with E-state index in [1.807, 2.05) is 45.0 Å². The highest BCUT2D eigenvalue weighted by Crippen LogP contribution is 2.44. The van der Waals surface area contributed by atoms with Crippen molar-refractivity contribution in [1.82, 2.24) is 5.32 Å². The Morgan fingerprint density at radius 1 is 1.03 bits per heavy atom. The summed E-state index contributed by atoms with van der Waals surface area (Å²) in [7, 11) is 0. The summed E-state index contributed by atoms with van der Waals surface area (Å²) in [4.78, 5) is 25.5. The molecule has 2 heterocycles. The fourth-order valence-corrected chi connectivity index (χ4v) is 5.51. The predicted octanol–water partition coefficient (Wildman–Crippen LogP) is 5.53. The number of aryl methyl sites for hydroxylation is 2. The van der Waals surface area contributed by atoms with Crippen LogP contribution in [0.5, 0.6) is 0 Å². The number of benzene rings is 2. The van der Waals surface area contributed by atoms with Gasteiger partial charge in [-0.25, -0.2) is 0 Å². The van der Waals surface area contributed by atoms with Crippen molar-refractivity contribution in [3.8, 4) is 0 Å². The molecule has 6 heteroatoms. The Bertz CT molecular complexity index is 1060. The summed E-state index contributed by atoms with van der Waals surface area (Å²) in [6.07, 6.45) is 4.46. The fraction of sp³-hybridized carbons (Fsp3) is 0.429. The second-order valence-electron chi connectivity index (χ2n) is 9.79. The van der Waals surface area contributed by atoms with Crippen molar-refractivity contribution in [2.75, 3.05) is 13.2 Å². The first kappa shape index (κ1) is 24.7. The number of Topliss-reactive ketones (excluding diaryl/α,β-unsaturated/α-hetero) is 1. The molecule has 2 aliphatic rings. The van der Waals surface area contributed by atoms with E-state index in [2.05, 4.69) is 35.7 Å². The van der Waals surface area contributed by atoms with E-state index in [1.165, 1.54) is 18.1 Å². The monoisotopic (exact) mass is 479 g/mol. The number of hydrogen-bond donors (Lipinski definition) is 1. The second-order valence-corrected chi connectivity index (χ2v) is 11.0. The topological polar surface area (TPSA) is 64.6 Å². The zero-order chi connectivity index (χ0) is 24.3. The van der Waals surface area contributed by atoms with E-state index in [9.17, 15) is 9.59 Å². The minimum atomic E-state index is -0.629. The number of thioether (sulfide) groups is 1. The van der Waals surface area contributed by atoms with Gasteiger partial charge in [0.2, 0.25) is 5.91 Å². The van der Waals surface area contributed by atoms with Crippen molar-refractivity contribution in [2.24, 2.45) is 0 Å². The first-order valence-electron chi connectivity index (χ1n) is 11.8. The quantitative estimate of drug-likeness (QED) is 0.529. The van der Waals surface area contributed by atoms with Gasteiger partial charge in [-0.15, -0.1) is 11.8 Å². The molecule has 0 radical (unpaired) electrons. The Kier molecular flexibility index (Phi) is 7.31. The highest BCUT2D eigenvalue weighted by atomic mass is 32.2. The van der Waals surface area contributed by atoms with Crippen LogP contribution in [0.25, 0.3) is 0 Å². The van der Waals surface area contributed by atoms with Crippen LogP contribution >= 0.6 is 11.8 Å². The first-order valence-corrected chi connectivity index (χ1v) is 12.7. The van der Waals surface area contributed by atoms with Gasteiger partial charge in [0.15, 0.2) is 11.6 Å². The number of hydrogen-bond acceptors (Lipinski definition) is 5. The van der Waals surface area contributed by atoms with Gasteiger partial charge in [0.05, 0.1) is 23.7 Å². The molecule has 1 fully saturated rings. The molecule has 5 nitrogen and oxygen atoms in total. The summed E-state index contributed by atoms with van der Waals surface area (Å²) < 4.78 is 11.7. The van der Waals surface area contributed by atoms with E-state index in [4.69, 9.17) is 9.47 Å². The van der Waals surface area contributed by atoms with E-state index in [1.54, 1.807) is 11.8 Å². The van der Waals surface area contributed by atoms with Crippen molar-refractivity contribution in [2.45, 2.75) is 63.5 Å². The van der Waals surface area contributed by atoms with Crippen LogP contribution in [0.4, 0.5) is 0 Å². The van der Waals surface area contributed by atoms with Gasteiger partial charge < -0.3 is 14.8 Å². The van der Waals surface area contributed by atoms with Crippen LogP contribution in [-0.4, -0.2) is 36.2 Å². The molecule has 0 aromatic heterocycles. The molecule has 1 saturated heterocycles. The van der Waals surface area contributed by atoms with E-state index in [0.29, 0.717) is 13.2 Å². The van der Waals surface area contributed by atoms with Gasteiger partial charge >= 0.3 is 0 Å². The lowest BCUT2D eigenvalue weighted by atomic mass is 9.91. The maximum absolute atomic E-state index is 12.8. The highest BCUT2D eigenvalue weighted by Gasteiger charge is 2.40. The fourth-order valence-electron chi connectivity index (χ4n) is 4.30. The zero-order valence-corrected chi connectivity index (χ0v) is 21.2. The summed E-state index contributed by atoms with van der Waals surface area (Å²) in [5, 5.41) is 3.32. The van der Waals surface area contributed by atoms with Crippen LogP contribution in [0.1, 0.15) is 65.9 Å². The minimum absolute atomic E-state index is 0.0796. The normalized spacial score (nSPS) is 21.1. The third-order valence-corrected chi connectivity index (χ3v) is 7.76. The van der Waals surface area contributed by atoms with Crippen LogP contribution in [0.2, 0.25) is 0 Å². The Morgan fingerprint density at radius 2 is 1.68 bits per heavy atom. The molecule has 4 rings (SSSR count). The number of nitrogens with one attached hydrogen (secondary N) is 1. The molecule has 1 atom stereocenters. The molecule has 180 valence electrons. The lowest BCUT2D eigenvalue weighted by Crippen LogP contribution is -2.60. The smallest absolute Gasteiger partial charge is 0.217 e. The van der Waals surface area contributed by atoms with Gasteiger partial charge in [0.1, 0.15) is 0 Å². The van der Waals surface area contributed by atoms with Crippen molar-refractivity contribution in [1.29, 1.82) is 0 Å². The van der Waals surface area contributed by atoms with Crippen molar-refractivity contribution >= 4 is 23.5 Å². The molecule has 1 amide bonds. The zero-order valence-electron chi connectivity index (χ0n) is 20.4. The molecule has 34 heavy (non-hydrogen) atoms. The van der Waals surface area contributed by atoms with E-state index in [0.717, 1.165) is 35.3 Å². The van der Waals surface area contributed by atoms with E-state index >= 15 is 0 Å². The predicted molar refractivity (Wildman–Crippen MR) is 136 cm³/mol. The van der Waals surface area contributed by atoms with E-state index < -0.39 is 11.3 Å². The van der Waals surface area contributed by atoms with Crippen LogP contribution < -0.4 is 5.32 Å². The van der Waals surface area contributed by atoms with Crippen LogP contribution in [-0.2, 0) is 20.7 Å². The summed E-state index contributed by atoms with van der Waals surface area (Å²) in [6, 6.07) is 16.4. The van der Waals surface area contributed by atoms with Gasteiger partial charge in [-0.2, -0.15) is 0 Å². The molecular formula is C28H33NO4S. The number of ketones is 1. The third kappa shape index (κ3) is 5.98. The van der Waals surface area contributed by atoms with Crippen molar-refractivity contribution < 1.29 is 19.1 Å². The number of ether oxygens (including phenoxy) is 2. The standard InChI is InChI=1S/C28H33NO4S/c1-19-5-9-23(10-6-19)26(31)25-14-13-24(34-25)22-11-7-21(8-12-22)15-16-28(29-20(2)30)17-32-27(3,4)33-18-28/h5-12,14,24H,13,15-18H2,1-4H3,(H,29,30). The van der Waals surface area contributed by atoms with E-state index in [-0.39, 0.29) is 16.9 Å². The Morgan fingerprint density at radius 3 is 2.29 bits per heavy atom. The Hall–Kier alpha value is -2.41. The third-order valence-electron chi connectivity index (χ3n) is 6.40. The minimum Gasteiger partial charge on any atom is -0.348 e. The second kappa shape index (κ2) is 10.1. The molecule has 2 aromatic carbocycles. The van der Waals surface area contributed by atoms with Crippen LogP contribution in [0, 0.1) is 6.92 Å². The Labute approximate surface area is 206 Å². The molecule has 0 aliphatic carbocycles. The summed E-state index contributed by atoms with van der Waals surface area (Å²) in [5.41, 5.74) is 3.80. The van der Waals surface area contributed by atoms with Crippen molar-refractivity contribution in [3.05, 3.63) is 81.8 Å². The summed E-state index contributed by atoms with van der Waals surface area (Å²) in [6.45, 7) is 8.19. The number of carbonyl (C=O) groups excluding carboxylic acids is 2. The van der Waals surface area contributed by atoms with Gasteiger partial charge in [0, 0.05) is 17.7 Å². The van der Waals surface area contributed by atoms with Gasteiger partial charge in [-0.1, -0.05) is 60.2 Å². The van der Waals surface area contributed by atoms with Crippen LogP contribution in [0.3, 0.4) is 0 Å². The number of carbonyl (C=O) groups is 2. The first-order chi connectivity index (χ1) is 16.1. The maximum atomic E-state index is 12.8. The number of allylic oxidation sites excluding steroid dienone is 2. The summed E-state index contributed by atoms with van der Waals surface area (Å²) >= 11 is 1.65. The SMILES string of the molecule is CC(=O)NC1(CCc2ccc(C3CC=C(C(=O)c4ccc(C)cc4)S3)cc2)COC(C)(C)OC1. The average Bonchev–Trinajstić information content (AvgIpc) is 3.30. The van der Waals surface area contributed by atoms with Gasteiger partial charge in [0.25, 0.3) is 0 Å². The molecule has 1 N–H and O–H groups in total. The van der Waals surface area contributed by atoms with Crippen molar-refractivity contribution in [3.63, 3.8) is 0 Å². The summed E-state index contributed by atoms with van der Waals surface area (Å²) in [5.74, 6) is -0.604. The molecule has 2 aliphatic heterocycles. The average molecular weight is 480 g/mol. The number of amides is 1. The molecule has 0 bridgehead atoms. The van der Waals surface area contributed by atoms with Gasteiger partial charge in [-0.05, 0) is 51.2 Å². The highest BCUT2D eigenvalue weighted by molar-refractivity contribution is 8.04. The lowest BCUT2D eigenvalue weighted by Gasteiger charge is -2.43. The lowest BCUT2D eigenvalue weighted by molar-refractivity contribution is -0.271. The largest absolute Gasteiger partial charge is 0.348 e. The Balaban J connectivity index is 1.35.